The van der Waals surface area contributed by atoms with Crippen LogP contribution in [0.25, 0.3) is 0 Å². The summed E-state index contributed by atoms with van der Waals surface area (Å²) in [4.78, 5) is 10.0. The predicted octanol–water partition coefficient (Wildman–Crippen LogP) is -0.00330. The van der Waals surface area contributed by atoms with Gasteiger partial charge in [-0.15, -0.1) is 0 Å². The molecule has 4 heteroatoms. The first-order valence-corrected chi connectivity index (χ1v) is 3.27. The van der Waals surface area contributed by atoms with E-state index in [1.165, 1.54) is 0 Å². The molecule has 0 bridgehead atoms. The minimum Gasteiger partial charge on any atom is -0.450 e. The summed E-state index contributed by atoms with van der Waals surface area (Å²) in [5.74, 6) is 0. The molecule has 1 amide bonds. The van der Waals surface area contributed by atoms with E-state index in [2.05, 4.69) is 4.74 Å². The zero-order valence-electron chi connectivity index (χ0n) is 5.67. The van der Waals surface area contributed by atoms with Crippen LogP contribution in [-0.2, 0) is 4.74 Å². The number of carbonyl (C=O) groups is 1. The van der Waals surface area contributed by atoms with E-state index in [-0.39, 0.29) is 6.61 Å². The first kappa shape index (κ1) is 7.34. The third kappa shape index (κ3) is 2.23. The molecule has 1 saturated carbocycles. The minimum atomic E-state index is -0.774. The van der Waals surface area contributed by atoms with Crippen LogP contribution in [-0.4, -0.2) is 23.4 Å². The molecule has 0 aliphatic heterocycles. The summed E-state index contributed by atoms with van der Waals surface area (Å²) in [6.45, 7) is 0.228. The maximum Gasteiger partial charge on any atom is 0.404 e. The Labute approximate surface area is 59.0 Å². The molecule has 0 aromatic heterocycles. The van der Waals surface area contributed by atoms with Gasteiger partial charge in [-0.1, -0.05) is 0 Å². The number of amides is 1. The molecule has 0 unspecified atom stereocenters. The van der Waals surface area contributed by atoms with Gasteiger partial charge in [-0.05, 0) is 12.8 Å². The van der Waals surface area contributed by atoms with E-state index in [0.29, 0.717) is 6.42 Å². The smallest absolute Gasteiger partial charge is 0.404 e. The van der Waals surface area contributed by atoms with E-state index in [1.807, 2.05) is 0 Å². The van der Waals surface area contributed by atoms with Crippen LogP contribution in [0.3, 0.4) is 0 Å². The molecule has 0 saturated heterocycles. The molecule has 3 N–H and O–H groups in total. The van der Waals surface area contributed by atoms with E-state index in [9.17, 15) is 9.90 Å². The van der Waals surface area contributed by atoms with E-state index < -0.39 is 11.7 Å². The van der Waals surface area contributed by atoms with Crippen molar-refractivity contribution in [3.63, 3.8) is 0 Å². The van der Waals surface area contributed by atoms with E-state index in [0.717, 1.165) is 12.8 Å². The highest BCUT2D eigenvalue weighted by Crippen LogP contribution is 2.37. The van der Waals surface area contributed by atoms with E-state index in [4.69, 9.17) is 5.73 Å². The van der Waals surface area contributed by atoms with Crippen molar-refractivity contribution in [3.05, 3.63) is 0 Å². The molecule has 0 aromatic rings. The zero-order valence-corrected chi connectivity index (χ0v) is 5.67. The third-order valence-corrected chi connectivity index (χ3v) is 1.64. The minimum absolute atomic E-state index is 0.228. The Hall–Kier alpha value is -0.770. The molecule has 0 radical (unpaired) electrons. The third-order valence-electron chi connectivity index (χ3n) is 1.64. The van der Waals surface area contributed by atoms with Gasteiger partial charge in [0.15, 0.2) is 0 Å². The Morgan fingerprint density at radius 3 is 2.70 bits per heavy atom. The second-order valence-electron chi connectivity index (χ2n) is 2.64. The van der Waals surface area contributed by atoms with Crippen molar-refractivity contribution < 1.29 is 14.6 Å². The summed E-state index contributed by atoms with van der Waals surface area (Å²) in [6.07, 6.45) is 1.37. The number of ether oxygens (including phenoxy) is 1. The van der Waals surface area contributed by atoms with Gasteiger partial charge in [-0.25, -0.2) is 4.79 Å². The molecule has 1 rings (SSSR count). The fourth-order valence-corrected chi connectivity index (χ4v) is 0.736. The molecular formula is C6H11NO3. The van der Waals surface area contributed by atoms with Crippen molar-refractivity contribution in [1.29, 1.82) is 0 Å². The second kappa shape index (κ2) is 2.46. The van der Waals surface area contributed by atoms with Crippen LogP contribution in [0.4, 0.5) is 4.79 Å². The van der Waals surface area contributed by atoms with Crippen LogP contribution in [0.15, 0.2) is 0 Å². The summed E-state index contributed by atoms with van der Waals surface area (Å²) in [5.41, 5.74) is 4.15. The Morgan fingerprint density at radius 2 is 2.30 bits per heavy atom. The molecule has 0 spiro atoms. The van der Waals surface area contributed by atoms with Crippen LogP contribution in [0, 0.1) is 0 Å². The highest BCUT2D eigenvalue weighted by Gasteiger charge is 2.39. The number of hydrogen-bond donors (Lipinski definition) is 2. The monoisotopic (exact) mass is 145 g/mol. The predicted molar refractivity (Wildman–Crippen MR) is 34.3 cm³/mol. The Bertz CT molecular complexity index is 142. The van der Waals surface area contributed by atoms with Gasteiger partial charge in [0.05, 0.1) is 12.2 Å². The van der Waals surface area contributed by atoms with Crippen LogP contribution < -0.4 is 5.73 Å². The molecule has 4 nitrogen and oxygen atoms in total. The maximum atomic E-state index is 10.0. The van der Waals surface area contributed by atoms with Crippen LogP contribution in [0.1, 0.15) is 19.3 Å². The highest BCUT2D eigenvalue weighted by atomic mass is 16.5. The van der Waals surface area contributed by atoms with E-state index in [1.54, 1.807) is 0 Å². The lowest BCUT2D eigenvalue weighted by molar-refractivity contribution is 0.0959. The summed E-state index contributed by atoms with van der Waals surface area (Å²) in [6, 6.07) is 0. The number of rotatable bonds is 3. The summed E-state index contributed by atoms with van der Waals surface area (Å²) >= 11 is 0. The summed E-state index contributed by atoms with van der Waals surface area (Å²) in [7, 11) is 0. The average molecular weight is 145 g/mol. The quantitative estimate of drug-likeness (QED) is 0.587. The second-order valence-corrected chi connectivity index (χ2v) is 2.64. The van der Waals surface area contributed by atoms with Crippen molar-refractivity contribution in [3.8, 4) is 0 Å². The first-order chi connectivity index (χ1) is 4.62. The number of carbonyl (C=O) groups excluding carboxylic acids is 1. The maximum absolute atomic E-state index is 10.0. The SMILES string of the molecule is NC(=O)OCCC1(O)CC1. The fraction of sp³-hybridized carbons (Fsp3) is 0.833. The first-order valence-electron chi connectivity index (χ1n) is 3.27. The Kier molecular flexibility index (Phi) is 1.80. The number of primary amides is 1. The molecule has 1 aliphatic carbocycles. The molecule has 58 valence electrons. The number of aliphatic hydroxyl groups is 1. The van der Waals surface area contributed by atoms with Crippen LogP contribution in [0.5, 0.6) is 0 Å². The fourth-order valence-electron chi connectivity index (χ4n) is 0.736. The van der Waals surface area contributed by atoms with Gasteiger partial charge in [0.2, 0.25) is 0 Å². The molecule has 0 aromatic carbocycles. The van der Waals surface area contributed by atoms with Crippen molar-refractivity contribution in [1.82, 2.24) is 0 Å². The molecule has 10 heavy (non-hydrogen) atoms. The topological polar surface area (TPSA) is 72.6 Å². The Balaban J connectivity index is 2.00. The van der Waals surface area contributed by atoms with Gasteiger partial charge in [-0.3, -0.25) is 0 Å². The average Bonchev–Trinajstić information content (AvgIpc) is 2.47. The largest absolute Gasteiger partial charge is 0.450 e. The van der Waals surface area contributed by atoms with Crippen molar-refractivity contribution in [2.45, 2.75) is 24.9 Å². The van der Waals surface area contributed by atoms with Gasteiger partial charge >= 0.3 is 6.09 Å². The molecular weight excluding hydrogens is 134 g/mol. The molecule has 1 fully saturated rings. The van der Waals surface area contributed by atoms with Gasteiger partial charge in [0.25, 0.3) is 0 Å². The van der Waals surface area contributed by atoms with Crippen molar-refractivity contribution in [2.75, 3.05) is 6.61 Å². The zero-order chi connectivity index (χ0) is 7.61. The lowest BCUT2D eigenvalue weighted by atomic mass is 10.2. The highest BCUT2D eigenvalue weighted by molar-refractivity contribution is 5.64. The summed E-state index contributed by atoms with van der Waals surface area (Å²) < 4.78 is 4.44. The molecule has 0 atom stereocenters. The standard InChI is InChI=1S/C6H11NO3/c7-5(8)10-4-3-6(9)1-2-6/h9H,1-4H2,(H2,7,8). The molecule has 1 aliphatic rings. The van der Waals surface area contributed by atoms with Crippen molar-refractivity contribution >= 4 is 6.09 Å². The number of nitrogens with two attached hydrogens (primary N) is 1. The Morgan fingerprint density at radius 1 is 1.70 bits per heavy atom. The summed E-state index contributed by atoms with van der Waals surface area (Å²) in [5, 5.41) is 9.21. The van der Waals surface area contributed by atoms with Gasteiger partial charge in [0, 0.05) is 6.42 Å². The van der Waals surface area contributed by atoms with E-state index >= 15 is 0 Å². The van der Waals surface area contributed by atoms with Crippen LogP contribution in [0.2, 0.25) is 0 Å². The van der Waals surface area contributed by atoms with Gasteiger partial charge < -0.3 is 15.6 Å². The lowest BCUT2D eigenvalue weighted by Gasteiger charge is -2.05. The molecule has 0 heterocycles. The number of hydrogen-bond acceptors (Lipinski definition) is 3. The van der Waals surface area contributed by atoms with Gasteiger partial charge in [0.1, 0.15) is 0 Å². The van der Waals surface area contributed by atoms with Gasteiger partial charge in [-0.2, -0.15) is 0 Å². The van der Waals surface area contributed by atoms with Crippen LogP contribution >= 0.6 is 0 Å². The lowest BCUT2D eigenvalue weighted by Crippen LogP contribution is -2.17. The van der Waals surface area contributed by atoms with Crippen molar-refractivity contribution in [2.24, 2.45) is 5.73 Å². The normalized spacial score (nSPS) is 20.1.